The Morgan fingerprint density at radius 1 is 1.36 bits per heavy atom. The fraction of sp³-hybridized carbons (Fsp3) is 0.400. The first kappa shape index (κ1) is 9.93. The van der Waals surface area contributed by atoms with Crippen molar-refractivity contribution < 1.29 is 8.78 Å². The molecule has 0 amide bonds. The van der Waals surface area contributed by atoms with Crippen molar-refractivity contribution in [3.63, 3.8) is 0 Å². The van der Waals surface area contributed by atoms with Gasteiger partial charge in [0.25, 0.3) is 0 Å². The van der Waals surface area contributed by atoms with E-state index < -0.39 is 0 Å². The molecule has 1 heterocycles. The Morgan fingerprint density at radius 3 is 2.93 bits per heavy atom. The molecule has 1 N–H and O–H groups in total. The van der Waals surface area contributed by atoms with Crippen LogP contribution in [0.25, 0.3) is 0 Å². The predicted molar refractivity (Wildman–Crippen MR) is 53.5 cm³/mol. The van der Waals surface area contributed by atoms with Crippen molar-refractivity contribution in [3.05, 3.63) is 29.8 Å². The van der Waals surface area contributed by atoms with Crippen LogP contribution < -0.4 is 5.32 Å². The van der Waals surface area contributed by atoms with E-state index in [-0.39, 0.29) is 11.6 Å². The molecular formula is C10H11F2NS. The van der Waals surface area contributed by atoms with Crippen LogP contribution in [0.4, 0.5) is 8.78 Å². The first-order chi connectivity index (χ1) is 6.75. The molecule has 76 valence electrons. The summed E-state index contributed by atoms with van der Waals surface area (Å²) in [6.07, 6.45) is 1.01. The summed E-state index contributed by atoms with van der Waals surface area (Å²) in [6, 6.07) is 3.59. The molecular weight excluding hydrogens is 204 g/mol. The summed E-state index contributed by atoms with van der Waals surface area (Å²) in [5.74, 6) is -0.705. The number of benzene rings is 1. The van der Waals surface area contributed by atoms with Crippen LogP contribution in [0, 0.1) is 11.6 Å². The Kier molecular flexibility index (Phi) is 3.03. The van der Waals surface area contributed by atoms with Crippen molar-refractivity contribution >= 4 is 11.8 Å². The molecule has 1 fully saturated rings. The molecule has 1 nitrogen and oxygen atoms in total. The van der Waals surface area contributed by atoms with Gasteiger partial charge in [0.05, 0.1) is 0 Å². The first-order valence-electron chi connectivity index (χ1n) is 4.58. The number of thioether (sulfide) groups is 1. The molecule has 2 rings (SSSR count). The van der Waals surface area contributed by atoms with Gasteiger partial charge in [0, 0.05) is 16.7 Å². The predicted octanol–water partition coefficient (Wildman–Crippen LogP) is 2.42. The molecule has 1 aromatic rings. The topological polar surface area (TPSA) is 12.0 Å². The zero-order valence-electron chi connectivity index (χ0n) is 7.59. The van der Waals surface area contributed by atoms with Crippen molar-refractivity contribution in [2.24, 2.45) is 0 Å². The zero-order chi connectivity index (χ0) is 9.97. The first-order valence-corrected chi connectivity index (χ1v) is 5.46. The van der Waals surface area contributed by atoms with Gasteiger partial charge in [-0.2, -0.15) is 0 Å². The minimum Gasteiger partial charge on any atom is -0.316 e. The maximum absolute atomic E-state index is 13.2. The highest BCUT2D eigenvalue weighted by molar-refractivity contribution is 8.00. The number of nitrogens with one attached hydrogen (secondary N) is 1. The van der Waals surface area contributed by atoms with E-state index in [1.165, 1.54) is 23.9 Å². The van der Waals surface area contributed by atoms with Crippen molar-refractivity contribution in [3.8, 4) is 0 Å². The Hall–Kier alpha value is -0.610. The fourth-order valence-corrected chi connectivity index (χ4v) is 2.63. The summed E-state index contributed by atoms with van der Waals surface area (Å²) in [6.45, 7) is 1.84. The SMILES string of the molecule is Fc1ccc(F)c(SC2CCNC2)c1. The molecule has 0 saturated carbocycles. The van der Waals surface area contributed by atoms with Crippen LogP contribution in [0.5, 0.6) is 0 Å². The van der Waals surface area contributed by atoms with E-state index in [0.29, 0.717) is 10.1 Å². The van der Waals surface area contributed by atoms with Crippen LogP contribution in [0.3, 0.4) is 0 Å². The average Bonchev–Trinajstić information content (AvgIpc) is 2.64. The summed E-state index contributed by atoms with van der Waals surface area (Å²) < 4.78 is 26.0. The van der Waals surface area contributed by atoms with Crippen molar-refractivity contribution in [1.82, 2.24) is 5.32 Å². The monoisotopic (exact) mass is 215 g/mol. The molecule has 1 aliphatic heterocycles. The molecule has 0 aromatic heterocycles. The second kappa shape index (κ2) is 4.28. The molecule has 0 aliphatic carbocycles. The van der Waals surface area contributed by atoms with Gasteiger partial charge < -0.3 is 5.32 Å². The van der Waals surface area contributed by atoms with Gasteiger partial charge in [-0.1, -0.05) is 0 Å². The highest BCUT2D eigenvalue weighted by Gasteiger charge is 2.17. The summed E-state index contributed by atoms with van der Waals surface area (Å²) in [7, 11) is 0. The minimum absolute atomic E-state index is 0.330. The lowest BCUT2D eigenvalue weighted by molar-refractivity contribution is 0.576. The summed E-state index contributed by atoms with van der Waals surface area (Å²) >= 11 is 1.41. The molecule has 1 aliphatic rings. The van der Waals surface area contributed by atoms with Crippen LogP contribution in [0.2, 0.25) is 0 Å². The maximum Gasteiger partial charge on any atom is 0.136 e. The van der Waals surface area contributed by atoms with Crippen molar-refractivity contribution in [1.29, 1.82) is 0 Å². The van der Waals surface area contributed by atoms with Crippen LogP contribution >= 0.6 is 11.8 Å². The van der Waals surface area contributed by atoms with E-state index in [2.05, 4.69) is 5.32 Å². The van der Waals surface area contributed by atoms with E-state index in [1.54, 1.807) is 0 Å². The lowest BCUT2D eigenvalue weighted by Crippen LogP contribution is -2.10. The second-order valence-electron chi connectivity index (χ2n) is 3.31. The molecule has 1 aromatic carbocycles. The van der Waals surface area contributed by atoms with E-state index in [1.807, 2.05) is 0 Å². The van der Waals surface area contributed by atoms with E-state index in [9.17, 15) is 8.78 Å². The molecule has 14 heavy (non-hydrogen) atoms. The van der Waals surface area contributed by atoms with Crippen LogP contribution in [0.1, 0.15) is 6.42 Å². The van der Waals surface area contributed by atoms with Gasteiger partial charge >= 0.3 is 0 Å². The summed E-state index contributed by atoms with van der Waals surface area (Å²) in [5, 5.41) is 3.56. The lowest BCUT2D eigenvalue weighted by Gasteiger charge is -2.08. The standard InChI is InChI=1S/C10H11F2NS/c11-7-1-2-9(12)10(5-7)14-8-3-4-13-6-8/h1-2,5,8,13H,3-4,6H2. The van der Waals surface area contributed by atoms with Crippen LogP contribution in [-0.4, -0.2) is 18.3 Å². The molecule has 4 heteroatoms. The molecule has 1 atom stereocenters. The lowest BCUT2D eigenvalue weighted by atomic mass is 10.3. The van der Waals surface area contributed by atoms with Gasteiger partial charge in [-0.15, -0.1) is 11.8 Å². The van der Waals surface area contributed by atoms with Gasteiger partial charge in [-0.25, -0.2) is 8.78 Å². The molecule has 0 bridgehead atoms. The Labute approximate surface area is 85.9 Å². The minimum atomic E-state index is -0.375. The van der Waals surface area contributed by atoms with E-state index >= 15 is 0 Å². The third-order valence-corrected chi connectivity index (χ3v) is 3.50. The smallest absolute Gasteiger partial charge is 0.136 e. The fourth-order valence-electron chi connectivity index (χ4n) is 1.48. The molecule has 1 unspecified atom stereocenters. The molecule has 0 spiro atoms. The molecule has 0 radical (unpaired) electrons. The van der Waals surface area contributed by atoms with Gasteiger partial charge in [0.2, 0.25) is 0 Å². The Morgan fingerprint density at radius 2 is 2.21 bits per heavy atom. The molecule has 1 saturated heterocycles. The number of hydrogen-bond donors (Lipinski definition) is 1. The largest absolute Gasteiger partial charge is 0.316 e. The van der Waals surface area contributed by atoms with E-state index in [0.717, 1.165) is 25.6 Å². The van der Waals surface area contributed by atoms with Gasteiger partial charge in [-0.05, 0) is 31.2 Å². The second-order valence-corrected chi connectivity index (χ2v) is 4.65. The number of halogens is 2. The van der Waals surface area contributed by atoms with Crippen LogP contribution in [0.15, 0.2) is 23.1 Å². The third kappa shape index (κ3) is 2.25. The quantitative estimate of drug-likeness (QED) is 0.813. The highest BCUT2D eigenvalue weighted by Crippen LogP contribution is 2.29. The summed E-state index contributed by atoms with van der Waals surface area (Å²) in [5.41, 5.74) is 0. The number of rotatable bonds is 2. The zero-order valence-corrected chi connectivity index (χ0v) is 8.41. The maximum atomic E-state index is 13.2. The number of hydrogen-bond acceptors (Lipinski definition) is 2. The van der Waals surface area contributed by atoms with Gasteiger partial charge in [0.15, 0.2) is 0 Å². The normalized spacial score (nSPS) is 21.4. The van der Waals surface area contributed by atoms with E-state index in [4.69, 9.17) is 0 Å². The third-order valence-electron chi connectivity index (χ3n) is 2.20. The average molecular weight is 215 g/mol. The van der Waals surface area contributed by atoms with Gasteiger partial charge in [0.1, 0.15) is 11.6 Å². The summed E-state index contributed by atoms with van der Waals surface area (Å²) in [4.78, 5) is 0.415. The van der Waals surface area contributed by atoms with Crippen molar-refractivity contribution in [2.75, 3.05) is 13.1 Å². The van der Waals surface area contributed by atoms with Crippen molar-refractivity contribution in [2.45, 2.75) is 16.6 Å². The van der Waals surface area contributed by atoms with Gasteiger partial charge in [-0.3, -0.25) is 0 Å². The highest BCUT2D eigenvalue weighted by atomic mass is 32.2. The van der Waals surface area contributed by atoms with Crippen LogP contribution in [-0.2, 0) is 0 Å². The Balaban J connectivity index is 2.10. The Bertz CT molecular complexity index is 324.